The Labute approximate surface area is 103 Å². The SMILES string of the molecule is C/C(=N\Nc1nnc(C)c(=O)[nH]1)c1ccc(C)o1. The Hall–Kier alpha value is -2.44. The van der Waals surface area contributed by atoms with Crippen molar-refractivity contribution in [3.63, 3.8) is 0 Å². The first-order valence-electron chi connectivity index (χ1n) is 5.37. The maximum Gasteiger partial charge on any atom is 0.274 e. The molecule has 0 saturated heterocycles. The van der Waals surface area contributed by atoms with Gasteiger partial charge in [-0.3, -0.25) is 9.78 Å². The minimum absolute atomic E-state index is 0.188. The van der Waals surface area contributed by atoms with Gasteiger partial charge in [-0.2, -0.15) is 5.10 Å². The van der Waals surface area contributed by atoms with Crippen molar-refractivity contribution in [2.75, 3.05) is 5.43 Å². The quantitative estimate of drug-likeness (QED) is 0.627. The van der Waals surface area contributed by atoms with Crippen LogP contribution in [0, 0.1) is 13.8 Å². The van der Waals surface area contributed by atoms with E-state index in [0.717, 1.165) is 5.76 Å². The summed E-state index contributed by atoms with van der Waals surface area (Å²) in [7, 11) is 0. The summed E-state index contributed by atoms with van der Waals surface area (Å²) in [5, 5.41) is 11.5. The number of hydrogen-bond donors (Lipinski definition) is 2. The van der Waals surface area contributed by atoms with E-state index in [0.29, 0.717) is 17.2 Å². The van der Waals surface area contributed by atoms with Crippen LogP contribution in [0.2, 0.25) is 0 Å². The highest BCUT2D eigenvalue weighted by Gasteiger charge is 2.03. The van der Waals surface area contributed by atoms with Gasteiger partial charge in [0, 0.05) is 0 Å². The topological polar surface area (TPSA) is 96.2 Å². The third kappa shape index (κ3) is 2.62. The van der Waals surface area contributed by atoms with E-state index in [1.807, 2.05) is 19.1 Å². The van der Waals surface area contributed by atoms with Gasteiger partial charge in [-0.15, -0.1) is 10.2 Å². The van der Waals surface area contributed by atoms with E-state index in [2.05, 4.69) is 25.7 Å². The summed E-state index contributed by atoms with van der Waals surface area (Å²) in [6, 6.07) is 3.67. The Morgan fingerprint density at radius 1 is 1.39 bits per heavy atom. The molecule has 7 nitrogen and oxygen atoms in total. The summed E-state index contributed by atoms with van der Waals surface area (Å²) in [6.07, 6.45) is 0. The van der Waals surface area contributed by atoms with Crippen LogP contribution in [0.1, 0.15) is 24.1 Å². The molecule has 18 heavy (non-hydrogen) atoms. The zero-order chi connectivity index (χ0) is 13.1. The van der Waals surface area contributed by atoms with Crippen LogP contribution >= 0.6 is 0 Å². The lowest BCUT2D eigenvalue weighted by atomic mass is 10.3. The van der Waals surface area contributed by atoms with Crippen molar-refractivity contribution in [1.82, 2.24) is 15.2 Å². The van der Waals surface area contributed by atoms with Crippen molar-refractivity contribution in [3.05, 3.63) is 39.7 Å². The van der Waals surface area contributed by atoms with E-state index in [1.165, 1.54) is 0 Å². The Bertz CT molecular complexity index is 641. The smallest absolute Gasteiger partial charge is 0.274 e. The first-order chi connectivity index (χ1) is 8.56. The second-order valence-electron chi connectivity index (χ2n) is 3.81. The van der Waals surface area contributed by atoms with E-state index in [-0.39, 0.29) is 11.5 Å². The van der Waals surface area contributed by atoms with Crippen LogP contribution in [-0.4, -0.2) is 20.9 Å². The molecule has 2 aromatic rings. The highest BCUT2D eigenvalue weighted by molar-refractivity contribution is 5.96. The monoisotopic (exact) mass is 247 g/mol. The van der Waals surface area contributed by atoms with Crippen LogP contribution in [0.15, 0.2) is 26.4 Å². The number of anilines is 1. The molecule has 0 spiro atoms. The molecule has 7 heteroatoms. The zero-order valence-corrected chi connectivity index (χ0v) is 10.3. The average molecular weight is 247 g/mol. The molecule has 0 aliphatic heterocycles. The van der Waals surface area contributed by atoms with E-state index in [1.54, 1.807) is 13.8 Å². The van der Waals surface area contributed by atoms with Gasteiger partial charge < -0.3 is 4.42 Å². The Morgan fingerprint density at radius 2 is 2.17 bits per heavy atom. The molecule has 0 aliphatic rings. The van der Waals surface area contributed by atoms with Crippen LogP contribution < -0.4 is 11.0 Å². The number of H-pyrrole nitrogens is 1. The van der Waals surface area contributed by atoms with Crippen LogP contribution in [0.3, 0.4) is 0 Å². The van der Waals surface area contributed by atoms with Gasteiger partial charge in [-0.25, -0.2) is 5.43 Å². The van der Waals surface area contributed by atoms with E-state index < -0.39 is 0 Å². The van der Waals surface area contributed by atoms with Crippen molar-refractivity contribution in [1.29, 1.82) is 0 Å². The zero-order valence-electron chi connectivity index (χ0n) is 10.3. The third-order valence-corrected chi connectivity index (χ3v) is 2.29. The maximum atomic E-state index is 11.3. The average Bonchev–Trinajstić information content (AvgIpc) is 2.77. The molecule has 0 aliphatic carbocycles. The van der Waals surface area contributed by atoms with Gasteiger partial charge in [0.25, 0.3) is 5.56 Å². The number of nitrogens with one attached hydrogen (secondary N) is 2. The predicted octanol–water partition coefficient (Wildman–Crippen LogP) is 1.21. The summed E-state index contributed by atoms with van der Waals surface area (Å²) >= 11 is 0. The first-order valence-corrected chi connectivity index (χ1v) is 5.37. The van der Waals surface area contributed by atoms with Crippen LogP contribution in [-0.2, 0) is 0 Å². The summed E-state index contributed by atoms with van der Waals surface area (Å²) in [4.78, 5) is 13.8. The normalized spacial score (nSPS) is 11.6. The molecule has 0 unspecified atom stereocenters. The lowest BCUT2D eigenvalue weighted by molar-refractivity contribution is 0.525. The molecule has 2 rings (SSSR count). The standard InChI is InChI=1S/C11H13N5O2/c1-6-4-5-9(18-6)7(2)13-15-11-12-10(17)8(3)14-16-11/h4-5H,1-3H3,(H2,12,15,16,17)/b13-7+. The largest absolute Gasteiger partial charge is 0.460 e. The summed E-state index contributed by atoms with van der Waals surface area (Å²) in [5.74, 6) is 1.65. The lowest BCUT2D eigenvalue weighted by Gasteiger charge is -2.00. The molecule has 0 amide bonds. The number of aromatic amines is 1. The van der Waals surface area contributed by atoms with E-state index in [4.69, 9.17) is 4.42 Å². The fourth-order valence-electron chi connectivity index (χ4n) is 1.26. The lowest BCUT2D eigenvalue weighted by Crippen LogP contribution is -2.15. The molecule has 0 fully saturated rings. The molecule has 0 radical (unpaired) electrons. The maximum absolute atomic E-state index is 11.3. The van der Waals surface area contributed by atoms with Gasteiger partial charge in [0.15, 0.2) is 0 Å². The molecule has 94 valence electrons. The number of furan rings is 1. The minimum Gasteiger partial charge on any atom is -0.460 e. The van der Waals surface area contributed by atoms with Crippen molar-refractivity contribution in [2.45, 2.75) is 20.8 Å². The molecule has 0 atom stereocenters. The molecular formula is C11H13N5O2. The highest BCUT2D eigenvalue weighted by atomic mass is 16.3. The second-order valence-corrected chi connectivity index (χ2v) is 3.81. The molecule has 0 aromatic carbocycles. The minimum atomic E-state index is -0.297. The van der Waals surface area contributed by atoms with Gasteiger partial charge in [0.05, 0.1) is 0 Å². The number of rotatable bonds is 3. The van der Waals surface area contributed by atoms with Gasteiger partial charge in [-0.05, 0) is 32.9 Å². The fourth-order valence-corrected chi connectivity index (χ4v) is 1.26. The fraction of sp³-hybridized carbons (Fsp3) is 0.273. The number of aromatic nitrogens is 3. The van der Waals surface area contributed by atoms with E-state index in [9.17, 15) is 4.79 Å². The highest BCUT2D eigenvalue weighted by Crippen LogP contribution is 2.07. The summed E-state index contributed by atoms with van der Waals surface area (Å²) in [5.41, 5.74) is 3.27. The van der Waals surface area contributed by atoms with Gasteiger partial charge in [0.1, 0.15) is 22.9 Å². The van der Waals surface area contributed by atoms with E-state index >= 15 is 0 Å². The second kappa shape index (κ2) is 4.82. The Morgan fingerprint density at radius 3 is 2.78 bits per heavy atom. The predicted molar refractivity (Wildman–Crippen MR) is 66.7 cm³/mol. The van der Waals surface area contributed by atoms with Crippen LogP contribution in [0.4, 0.5) is 5.95 Å². The molecule has 0 saturated carbocycles. The molecule has 2 heterocycles. The summed E-state index contributed by atoms with van der Waals surface area (Å²) in [6.45, 7) is 5.22. The van der Waals surface area contributed by atoms with Gasteiger partial charge in [0.2, 0.25) is 5.95 Å². The van der Waals surface area contributed by atoms with Gasteiger partial charge >= 0.3 is 0 Å². The van der Waals surface area contributed by atoms with Crippen LogP contribution in [0.5, 0.6) is 0 Å². The molecule has 2 N–H and O–H groups in total. The number of hydrazone groups is 1. The Balaban J connectivity index is 2.15. The van der Waals surface area contributed by atoms with Crippen molar-refractivity contribution < 1.29 is 4.42 Å². The number of hydrogen-bond acceptors (Lipinski definition) is 6. The number of nitrogens with zero attached hydrogens (tertiary/aromatic N) is 3. The first kappa shape index (κ1) is 12.0. The van der Waals surface area contributed by atoms with Crippen molar-refractivity contribution in [3.8, 4) is 0 Å². The third-order valence-electron chi connectivity index (χ3n) is 2.29. The van der Waals surface area contributed by atoms with Crippen molar-refractivity contribution in [2.24, 2.45) is 5.10 Å². The van der Waals surface area contributed by atoms with Crippen molar-refractivity contribution >= 4 is 11.7 Å². The molecular weight excluding hydrogens is 234 g/mol. The molecule has 2 aromatic heterocycles. The Kier molecular flexibility index (Phi) is 3.22. The molecule has 0 bridgehead atoms. The van der Waals surface area contributed by atoms with Gasteiger partial charge in [-0.1, -0.05) is 0 Å². The summed E-state index contributed by atoms with van der Waals surface area (Å²) < 4.78 is 5.40. The number of aryl methyl sites for hydroxylation is 2. The van der Waals surface area contributed by atoms with Crippen LogP contribution in [0.25, 0.3) is 0 Å².